The summed E-state index contributed by atoms with van der Waals surface area (Å²) in [7, 11) is 0. The third kappa shape index (κ3) is 3.33. The second-order valence-corrected chi connectivity index (χ2v) is 5.53. The van der Waals surface area contributed by atoms with Crippen molar-refractivity contribution in [3.63, 3.8) is 0 Å². The van der Waals surface area contributed by atoms with Crippen molar-refractivity contribution in [1.82, 2.24) is 5.32 Å². The minimum absolute atomic E-state index is 0.159. The van der Waals surface area contributed by atoms with E-state index in [0.29, 0.717) is 5.56 Å². The summed E-state index contributed by atoms with van der Waals surface area (Å²) in [5, 5.41) is 2.13. The molecule has 1 saturated heterocycles. The van der Waals surface area contributed by atoms with Crippen molar-refractivity contribution in [3.05, 3.63) is 71.0 Å². The van der Waals surface area contributed by atoms with Crippen molar-refractivity contribution in [2.75, 3.05) is 4.90 Å². The van der Waals surface area contributed by atoms with E-state index >= 15 is 0 Å². The van der Waals surface area contributed by atoms with Crippen molar-refractivity contribution in [2.45, 2.75) is 13.3 Å². The molecule has 4 amide bonds. The van der Waals surface area contributed by atoms with Crippen LogP contribution in [0.1, 0.15) is 18.1 Å². The van der Waals surface area contributed by atoms with E-state index in [1.807, 2.05) is 19.1 Å². The van der Waals surface area contributed by atoms with E-state index in [2.05, 4.69) is 5.32 Å². The van der Waals surface area contributed by atoms with Crippen molar-refractivity contribution in [1.29, 1.82) is 0 Å². The largest absolute Gasteiger partial charge is 0.335 e. The summed E-state index contributed by atoms with van der Waals surface area (Å²) in [5.74, 6) is -2.00. The van der Waals surface area contributed by atoms with Gasteiger partial charge in [-0.1, -0.05) is 31.2 Å². The molecule has 1 fully saturated rings. The number of carbonyl (C=O) groups is 3. The molecule has 0 spiro atoms. The third-order valence-electron chi connectivity index (χ3n) is 3.89. The first-order valence-corrected chi connectivity index (χ1v) is 7.75. The zero-order valence-electron chi connectivity index (χ0n) is 13.5. The minimum atomic E-state index is -0.861. The van der Waals surface area contributed by atoms with Gasteiger partial charge >= 0.3 is 6.03 Å². The van der Waals surface area contributed by atoms with E-state index in [-0.39, 0.29) is 11.3 Å². The van der Waals surface area contributed by atoms with Gasteiger partial charge in [0, 0.05) is 0 Å². The van der Waals surface area contributed by atoms with Gasteiger partial charge in [0.25, 0.3) is 11.8 Å². The van der Waals surface area contributed by atoms with Gasteiger partial charge in [-0.05, 0) is 47.9 Å². The zero-order valence-corrected chi connectivity index (χ0v) is 13.5. The van der Waals surface area contributed by atoms with Crippen LogP contribution in [-0.2, 0) is 16.0 Å². The molecule has 0 bridgehead atoms. The first kappa shape index (κ1) is 16.6. The van der Waals surface area contributed by atoms with E-state index in [0.717, 1.165) is 29.0 Å². The molecule has 2 aromatic carbocycles. The monoisotopic (exact) mass is 338 g/mol. The molecule has 0 radical (unpaired) electrons. The Morgan fingerprint density at radius 1 is 1.00 bits per heavy atom. The van der Waals surface area contributed by atoms with Gasteiger partial charge in [0.1, 0.15) is 11.4 Å². The lowest BCUT2D eigenvalue weighted by atomic mass is 10.0. The Hall–Kier alpha value is -3.28. The molecule has 25 heavy (non-hydrogen) atoms. The Balaban J connectivity index is 1.97. The van der Waals surface area contributed by atoms with Gasteiger partial charge in [0.2, 0.25) is 0 Å². The third-order valence-corrected chi connectivity index (χ3v) is 3.89. The molecule has 0 aromatic heterocycles. The van der Waals surface area contributed by atoms with E-state index < -0.39 is 23.7 Å². The molecule has 5 nitrogen and oxygen atoms in total. The summed E-state index contributed by atoms with van der Waals surface area (Å²) in [6.07, 6.45) is 2.31. The van der Waals surface area contributed by atoms with E-state index in [1.165, 1.54) is 18.2 Å². The smallest absolute Gasteiger partial charge is 0.273 e. The Morgan fingerprint density at radius 2 is 1.64 bits per heavy atom. The molecule has 0 aliphatic carbocycles. The first-order chi connectivity index (χ1) is 12.0. The summed E-state index contributed by atoms with van der Waals surface area (Å²) in [6, 6.07) is 11.4. The first-order valence-electron chi connectivity index (χ1n) is 7.75. The van der Waals surface area contributed by atoms with Gasteiger partial charge in [-0.3, -0.25) is 14.9 Å². The fourth-order valence-corrected chi connectivity index (χ4v) is 2.50. The Kier molecular flexibility index (Phi) is 4.43. The lowest BCUT2D eigenvalue weighted by Crippen LogP contribution is -2.54. The Morgan fingerprint density at radius 3 is 2.24 bits per heavy atom. The van der Waals surface area contributed by atoms with Crippen LogP contribution < -0.4 is 10.2 Å². The number of amides is 4. The van der Waals surface area contributed by atoms with E-state index in [4.69, 9.17) is 0 Å². The van der Waals surface area contributed by atoms with Crippen LogP contribution in [0.25, 0.3) is 6.08 Å². The highest BCUT2D eigenvalue weighted by Crippen LogP contribution is 2.22. The summed E-state index contributed by atoms with van der Waals surface area (Å²) in [4.78, 5) is 37.6. The number of rotatable bonds is 3. The van der Waals surface area contributed by atoms with Gasteiger partial charge in [0.05, 0.1) is 5.69 Å². The van der Waals surface area contributed by atoms with Gasteiger partial charge < -0.3 is 0 Å². The second-order valence-electron chi connectivity index (χ2n) is 5.53. The highest BCUT2D eigenvalue weighted by Gasteiger charge is 2.36. The maximum absolute atomic E-state index is 13.1. The van der Waals surface area contributed by atoms with Gasteiger partial charge in [-0.2, -0.15) is 0 Å². The number of halogens is 1. The molecular weight excluding hydrogens is 323 g/mol. The lowest BCUT2D eigenvalue weighted by molar-refractivity contribution is -0.122. The molecule has 2 aromatic rings. The van der Waals surface area contributed by atoms with Crippen LogP contribution in [0.5, 0.6) is 0 Å². The topological polar surface area (TPSA) is 66.5 Å². The number of imide groups is 2. The number of hydrogen-bond acceptors (Lipinski definition) is 3. The molecule has 1 aliphatic rings. The predicted octanol–water partition coefficient (Wildman–Crippen LogP) is 3.05. The number of carbonyl (C=O) groups excluding carboxylic acids is 3. The normalized spacial score (nSPS) is 16.3. The van der Waals surface area contributed by atoms with Crippen molar-refractivity contribution in [2.24, 2.45) is 0 Å². The lowest BCUT2D eigenvalue weighted by Gasteiger charge is -2.26. The number of nitrogens with one attached hydrogen (secondary N) is 1. The second kappa shape index (κ2) is 6.68. The molecule has 1 aliphatic heterocycles. The van der Waals surface area contributed by atoms with Crippen LogP contribution in [-0.4, -0.2) is 17.8 Å². The maximum Gasteiger partial charge on any atom is 0.335 e. The van der Waals surface area contributed by atoms with Gasteiger partial charge in [-0.25, -0.2) is 14.1 Å². The number of benzene rings is 2. The molecule has 0 atom stereocenters. The van der Waals surface area contributed by atoms with Crippen molar-refractivity contribution in [3.8, 4) is 0 Å². The number of barbiturate groups is 1. The molecule has 1 N–H and O–H groups in total. The summed E-state index contributed by atoms with van der Waals surface area (Å²) in [6.45, 7) is 2.03. The van der Waals surface area contributed by atoms with Crippen LogP contribution >= 0.6 is 0 Å². The number of aryl methyl sites for hydroxylation is 1. The Bertz CT molecular complexity index is 871. The number of urea groups is 1. The quantitative estimate of drug-likeness (QED) is 0.691. The minimum Gasteiger partial charge on any atom is -0.273 e. The van der Waals surface area contributed by atoms with Crippen molar-refractivity contribution >= 4 is 29.6 Å². The molecule has 0 saturated carbocycles. The number of hydrogen-bond donors (Lipinski definition) is 1. The molecular formula is C19H15FN2O3. The number of nitrogens with zero attached hydrogens (tertiary/aromatic N) is 1. The van der Waals surface area contributed by atoms with Crippen LogP contribution in [0.2, 0.25) is 0 Å². The molecule has 0 unspecified atom stereocenters. The van der Waals surface area contributed by atoms with E-state index in [1.54, 1.807) is 12.1 Å². The van der Waals surface area contributed by atoms with E-state index in [9.17, 15) is 18.8 Å². The predicted molar refractivity (Wildman–Crippen MR) is 91.2 cm³/mol. The van der Waals surface area contributed by atoms with Crippen LogP contribution in [0.15, 0.2) is 54.1 Å². The zero-order chi connectivity index (χ0) is 18.0. The summed E-state index contributed by atoms with van der Waals surface area (Å²) < 4.78 is 13.1. The highest BCUT2D eigenvalue weighted by molar-refractivity contribution is 6.39. The fourth-order valence-electron chi connectivity index (χ4n) is 2.50. The maximum atomic E-state index is 13.1. The molecule has 3 rings (SSSR count). The molecule has 126 valence electrons. The average Bonchev–Trinajstić information content (AvgIpc) is 2.60. The molecule has 6 heteroatoms. The highest BCUT2D eigenvalue weighted by atomic mass is 19.1. The van der Waals surface area contributed by atoms with Crippen molar-refractivity contribution < 1.29 is 18.8 Å². The van der Waals surface area contributed by atoms with Crippen LogP contribution in [0, 0.1) is 5.82 Å². The fraction of sp³-hybridized carbons (Fsp3) is 0.105. The SMILES string of the molecule is CCc1ccc(/C=C2/C(=O)NC(=O)N(c3ccc(F)cc3)C2=O)cc1. The number of anilines is 1. The molecule has 1 heterocycles. The summed E-state index contributed by atoms with van der Waals surface area (Å²) >= 11 is 0. The summed E-state index contributed by atoms with van der Waals surface area (Å²) in [5.41, 5.74) is 1.82. The van der Waals surface area contributed by atoms with Crippen LogP contribution in [0.3, 0.4) is 0 Å². The van der Waals surface area contributed by atoms with Crippen LogP contribution in [0.4, 0.5) is 14.9 Å². The standard InChI is InChI=1S/C19H15FN2O3/c1-2-12-3-5-13(6-4-12)11-16-17(23)21-19(25)22(18(16)24)15-9-7-14(20)8-10-15/h3-11H,2H2,1H3,(H,21,23,25)/b16-11-. The van der Waals surface area contributed by atoms with Gasteiger partial charge in [0.15, 0.2) is 0 Å². The Labute approximate surface area is 143 Å². The average molecular weight is 338 g/mol. The van der Waals surface area contributed by atoms with Gasteiger partial charge in [-0.15, -0.1) is 0 Å².